The topological polar surface area (TPSA) is 36.4 Å². The molecular weight excluding hydrogens is 316 g/mol. The third-order valence-electron chi connectivity index (χ3n) is 4.06. The van der Waals surface area contributed by atoms with Gasteiger partial charge in [0.05, 0.1) is 5.52 Å². The summed E-state index contributed by atoms with van der Waals surface area (Å²) in [4.78, 5) is 6.97. The van der Waals surface area contributed by atoms with Crippen LogP contribution >= 0.6 is 15.9 Å². The second-order valence-electron chi connectivity index (χ2n) is 5.53. The molecular formula is C16H19BrN2O. The van der Waals surface area contributed by atoms with Crippen LogP contribution < -0.4 is 0 Å². The molecule has 1 saturated heterocycles. The number of nitrogens with zero attached hydrogens (tertiary/aromatic N) is 2. The number of hydrogen-bond acceptors (Lipinski definition) is 3. The van der Waals surface area contributed by atoms with E-state index >= 15 is 0 Å². The van der Waals surface area contributed by atoms with Gasteiger partial charge in [0, 0.05) is 35.8 Å². The Kier molecular flexibility index (Phi) is 4.34. The predicted octanol–water partition coefficient (Wildman–Crippen LogP) is 3.20. The van der Waals surface area contributed by atoms with Gasteiger partial charge in [-0.3, -0.25) is 9.88 Å². The fourth-order valence-corrected chi connectivity index (χ4v) is 3.46. The standard InChI is InChI=1S/C16H19BrN2O/c17-15-6-5-13(16-14(15)4-1-7-18-16)10-19-8-2-3-12(9-19)11-20/h1,4-7,12,20H,2-3,8-11H2/t12-/m1/s1. The molecule has 2 heterocycles. The highest BCUT2D eigenvalue weighted by Gasteiger charge is 2.20. The smallest absolute Gasteiger partial charge is 0.0758 e. The average molecular weight is 335 g/mol. The number of aliphatic hydroxyl groups is 1. The number of rotatable bonds is 3. The van der Waals surface area contributed by atoms with Crippen LogP contribution in [0.3, 0.4) is 0 Å². The lowest BCUT2D eigenvalue weighted by molar-refractivity contribution is 0.116. The van der Waals surface area contributed by atoms with Gasteiger partial charge in [-0.25, -0.2) is 0 Å². The molecule has 0 unspecified atom stereocenters. The van der Waals surface area contributed by atoms with Crippen LogP contribution in [0.15, 0.2) is 34.9 Å². The quantitative estimate of drug-likeness (QED) is 0.936. The number of pyridine rings is 1. The number of halogens is 1. The summed E-state index contributed by atoms with van der Waals surface area (Å²) in [7, 11) is 0. The van der Waals surface area contributed by atoms with Crippen molar-refractivity contribution in [3.8, 4) is 0 Å². The molecule has 1 aromatic heterocycles. The first-order chi connectivity index (χ1) is 9.78. The summed E-state index contributed by atoms with van der Waals surface area (Å²) < 4.78 is 1.09. The lowest BCUT2D eigenvalue weighted by Crippen LogP contribution is -2.36. The Hall–Kier alpha value is -0.970. The molecule has 0 bridgehead atoms. The largest absolute Gasteiger partial charge is 0.396 e. The number of fused-ring (bicyclic) bond motifs is 1. The molecule has 2 aromatic rings. The SMILES string of the molecule is OC[C@@H]1CCCN(Cc2ccc(Br)c3cccnc23)C1. The zero-order valence-electron chi connectivity index (χ0n) is 11.4. The summed E-state index contributed by atoms with van der Waals surface area (Å²) in [5.74, 6) is 0.429. The lowest BCUT2D eigenvalue weighted by Gasteiger charge is -2.31. The Labute approximate surface area is 127 Å². The molecule has 1 atom stereocenters. The van der Waals surface area contributed by atoms with Crippen molar-refractivity contribution in [2.24, 2.45) is 5.92 Å². The van der Waals surface area contributed by atoms with E-state index in [1.807, 2.05) is 12.3 Å². The van der Waals surface area contributed by atoms with Gasteiger partial charge in [0.2, 0.25) is 0 Å². The van der Waals surface area contributed by atoms with Gasteiger partial charge in [-0.15, -0.1) is 0 Å². The molecule has 1 aromatic carbocycles. The first kappa shape index (κ1) is 14.0. The Balaban J connectivity index is 1.86. The number of likely N-dealkylation sites (tertiary alicyclic amines) is 1. The van der Waals surface area contributed by atoms with Gasteiger partial charge in [-0.2, -0.15) is 0 Å². The molecule has 0 aliphatic carbocycles. The van der Waals surface area contributed by atoms with Crippen LogP contribution in [0.5, 0.6) is 0 Å². The molecule has 3 nitrogen and oxygen atoms in total. The van der Waals surface area contributed by atoms with Crippen LogP contribution in [0.25, 0.3) is 10.9 Å². The number of aromatic nitrogens is 1. The van der Waals surface area contributed by atoms with Crippen molar-refractivity contribution < 1.29 is 5.11 Å². The minimum atomic E-state index is 0.301. The maximum atomic E-state index is 9.34. The van der Waals surface area contributed by atoms with Crippen molar-refractivity contribution in [3.63, 3.8) is 0 Å². The molecule has 1 aliphatic heterocycles. The molecule has 0 saturated carbocycles. The normalized spacial score (nSPS) is 20.4. The van der Waals surface area contributed by atoms with Gasteiger partial charge >= 0.3 is 0 Å². The first-order valence-electron chi connectivity index (χ1n) is 7.13. The Morgan fingerprint density at radius 2 is 2.25 bits per heavy atom. The first-order valence-corrected chi connectivity index (χ1v) is 7.92. The zero-order valence-corrected chi connectivity index (χ0v) is 13.0. The van der Waals surface area contributed by atoms with Crippen LogP contribution in [-0.4, -0.2) is 34.7 Å². The summed E-state index contributed by atoms with van der Waals surface area (Å²) in [5.41, 5.74) is 2.34. The Morgan fingerprint density at radius 1 is 1.35 bits per heavy atom. The summed E-state index contributed by atoms with van der Waals surface area (Å²) in [5, 5.41) is 10.5. The highest BCUT2D eigenvalue weighted by atomic mass is 79.9. The van der Waals surface area contributed by atoms with Gasteiger partial charge in [-0.05, 0) is 43.0 Å². The van der Waals surface area contributed by atoms with E-state index < -0.39 is 0 Å². The van der Waals surface area contributed by atoms with Crippen molar-refractivity contribution in [1.29, 1.82) is 0 Å². The van der Waals surface area contributed by atoms with Gasteiger partial charge < -0.3 is 5.11 Å². The van der Waals surface area contributed by atoms with E-state index in [1.54, 1.807) is 0 Å². The number of aliphatic hydroxyl groups excluding tert-OH is 1. The second-order valence-corrected chi connectivity index (χ2v) is 6.39. The van der Waals surface area contributed by atoms with E-state index in [-0.39, 0.29) is 0 Å². The van der Waals surface area contributed by atoms with E-state index in [9.17, 15) is 5.11 Å². The third-order valence-corrected chi connectivity index (χ3v) is 4.75. The Morgan fingerprint density at radius 3 is 3.10 bits per heavy atom. The molecule has 106 valence electrons. The van der Waals surface area contributed by atoms with Gasteiger partial charge in [0.25, 0.3) is 0 Å². The second kappa shape index (κ2) is 6.20. The van der Waals surface area contributed by atoms with Crippen molar-refractivity contribution >= 4 is 26.8 Å². The van der Waals surface area contributed by atoms with Crippen LogP contribution in [0, 0.1) is 5.92 Å². The molecule has 3 rings (SSSR count). The summed E-state index contributed by atoms with van der Waals surface area (Å²) >= 11 is 3.59. The lowest BCUT2D eigenvalue weighted by atomic mass is 9.98. The van der Waals surface area contributed by atoms with Crippen LogP contribution in [0.2, 0.25) is 0 Å². The molecule has 4 heteroatoms. The van der Waals surface area contributed by atoms with E-state index in [2.05, 4.69) is 44.0 Å². The number of hydrogen-bond donors (Lipinski definition) is 1. The third kappa shape index (κ3) is 2.87. The van der Waals surface area contributed by atoms with Crippen molar-refractivity contribution in [3.05, 3.63) is 40.5 Å². The summed E-state index contributed by atoms with van der Waals surface area (Å²) in [6.07, 6.45) is 4.17. The molecule has 0 amide bonds. The van der Waals surface area contributed by atoms with E-state index in [0.717, 1.165) is 36.0 Å². The molecule has 1 aliphatic rings. The van der Waals surface area contributed by atoms with Gasteiger partial charge in [0.15, 0.2) is 0 Å². The number of benzene rings is 1. The van der Waals surface area contributed by atoms with Gasteiger partial charge in [0.1, 0.15) is 0 Å². The monoisotopic (exact) mass is 334 g/mol. The van der Waals surface area contributed by atoms with Gasteiger partial charge in [-0.1, -0.05) is 28.1 Å². The van der Waals surface area contributed by atoms with Crippen LogP contribution in [-0.2, 0) is 6.54 Å². The van der Waals surface area contributed by atoms with E-state index in [1.165, 1.54) is 17.4 Å². The molecule has 1 N–H and O–H groups in total. The van der Waals surface area contributed by atoms with Crippen molar-refractivity contribution in [2.45, 2.75) is 19.4 Å². The highest BCUT2D eigenvalue weighted by molar-refractivity contribution is 9.10. The molecule has 0 radical (unpaired) electrons. The summed E-state index contributed by atoms with van der Waals surface area (Å²) in [6, 6.07) is 8.33. The molecule has 0 spiro atoms. The van der Waals surface area contributed by atoms with Crippen molar-refractivity contribution in [1.82, 2.24) is 9.88 Å². The minimum Gasteiger partial charge on any atom is -0.396 e. The minimum absolute atomic E-state index is 0.301. The average Bonchev–Trinajstić information content (AvgIpc) is 2.51. The Bertz CT molecular complexity index is 602. The summed E-state index contributed by atoms with van der Waals surface area (Å²) in [6.45, 7) is 3.31. The number of piperidine rings is 1. The van der Waals surface area contributed by atoms with Crippen LogP contribution in [0.1, 0.15) is 18.4 Å². The maximum Gasteiger partial charge on any atom is 0.0758 e. The van der Waals surface area contributed by atoms with Crippen molar-refractivity contribution in [2.75, 3.05) is 19.7 Å². The van der Waals surface area contributed by atoms with E-state index in [0.29, 0.717) is 12.5 Å². The fourth-order valence-electron chi connectivity index (χ4n) is 3.01. The zero-order chi connectivity index (χ0) is 13.9. The van der Waals surface area contributed by atoms with E-state index in [4.69, 9.17) is 0 Å². The van der Waals surface area contributed by atoms with Crippen LogP contribution in [0.4, 0.5) is 0 Å². The predicted molar refractivity (Wildman–Crippen MR) is 84.5 cm³/mol. The maximum absolute atomic E-state index is 9.34. The molecule has 1 fully saturated rings. The molecule has 20 heavy (non-hydrogen) atoms. The fraction of sp³-hybridized carbons (Fsp3) is 0.438. The highest BCUT2D eigenvalue weighted by Crippen LogP contribution is 2.27.